The van der Waals surface area contributed by atoms with Crippen LogP contribution in [0.25, 0.3) is 0 Å². The van der Waals surface area contributed by atoms with E-state index in [4.69, 9.17) is 9.47 Å². The van der Waals surface area contributed by atoms with E-state index in [-0.39, 0.29) is 0 Å². The van der Waals surface area contributed by atoms with Crippen molar-refractivity contribution in [3.8, 4) is 11.5 Å². The van der Waals surface area contributed by atoms with Gasteiger partial charge in [0.2, 0.25) is 0 Å². The van der Waals surface area contributed by atoms with E-state index >= 15 is 0 Å². The van der Waals surface area contributed by atoms with Gasteiger partial charge >= 0.3 is 10.2 Å². The average molecular weight is 248 g/mol. The standard InChI is InChI=1S/C10H13FO4S/c1-3-15-10-6-8(7-16(11,12)13)4-5-9(10)14-2/h4-6H,3,7H2,1-2H3. The van der Waals surface area contributed by atoms with Crippen LogP contribution >= 0.6 is 0 Å². The van der Waals surface area contributed by atoms with Gasteiger partial charge in [-0.2, -0.15) is 8.42 Å². The van der Waals surface area contributed by atoms with Crippen LogP contribution in [0, 0.1) is 0 Å². The summed E-state index contributed by atoms with van der Waals surface area (Å²) in [6.45, 7) is 2.21. The Balaban J connectivity index is 3.02. The zero-order chi connectivity index (χ0) is 12.2. The predicted octanol–water partition coefficient (Wildman–Crippen LogP) is 1.89. The van der Waals surface area contributed by atoms with Gasteiger partial charge in [0.1, 0.15) is 5.75 Å². The Morgan fingerprint density at radius 1 is 1.31 bits per heavy atom. The number of benzene rings is 1. The van der Waals surface area contributed by atoms with Crippen LogP contribution in [-0.4, -0.2) is 22.1 Å². The molecule has 0 radical (unpaired) electrons. The maximum Gasteiger partial charge on any atom is 0.306 e. The second-order valence-electron chi connectivity index (χ2n) is 3.10. The lowest BCUT2D eigenvalue weighted by Gasteiger charge is -2.10. The molecule has 16 heavy (non-hydrogen) atoms. The van der Waals surface area contributed by atoms with Crippen LogP contribution < -0.4 is 9.47 Å². The predicted molar refractivity (Wildman–Crippen MR) is 57.9 cm³/mol. The monoisotopic (exact) mass is 248 g/mol. The minimum absolute atomic E-state index is 0.326. The molecule has 0 saturated heterocycles. The highest BCUT2D eigenvalue weighted by Crippen LogP contribution is 2.28. The summed E-state index contributed by atoms with van der Waals surface area (Å²) in [5.74, 6) is 0.241. The van der Waals surface area contributed by atoms with Crippen molar-refractivity contribution in [3.05, 3.63) is 23.8 Å². The molecule has 0 saturated carbocycles. The van der Waals surface area contributed by atoms with Crippen LogP contribution in [0.4, 0.5) is 3.89 Å². The van der Waals surface area contributed by atoms with E-state index < -0.39 is 16.0 Å². The third kappa shape index (κ3) is 3.69. The van der Waals surface area contributed by atoms with Gasteiger partial charge in [-0.1, -0.05) is 6.07 Å². The zero-order valence-electron chi connectivity index (χ0n) is 9.07. The molecule has 1 aromatic carbocycles. The molecule has 0 heterocycles. The van der Waals surface area contributed by atoms with Gasteiger partial charge in [-0.15, -0.1) is 3.89 Å². The van der Waals surface area contributed by atoms with Crippen LogP contribution in [-0.2, 0) is 16.0 Å². The molecule has 0 bridgehead atoms. The average Bonchev–Trinajstić information content (AvgIpc) is 2.16. The maximum absolute atomic E-state index is 12.5. The maximum atomic E-state index is 12.5. The van der Waals surface area contributed by atoms with E-state index in [2.05, 4.69) is 0 Å². The molecule has 4 nitrogen and oxygen atoms in total. The summed E-state index contributed by atoms with van der Waals surface area (Å²) in [5.41, 5.74) is 0.326. The topological polar surface area (TPSA) is 52.6 Å². The van der Waals surface area contributed by atoms with Crippen molar-refractivity contribution in [3.63, 3.8) is 0 Å². The fourth-order valence-corrected chi connectivity index (χ4v) is 1.86. The number of hydrogen-bond acceptors (Lipinski definition) is 4. The van der Waals surface area contributed by atoms with Gasteiger partial charge in [0.25, 0.3) is 0 Å². The van der Waals surface area contributed by atoms with E-state index in [1.54, 1.807) is 13.0 Å². The number of hydrogen-bond donors (Lipinski definition) is 0. The molecular weight excluding hydrogens is 235 g/mol. The Labute approximate surface area is 94.2 Å². The first kappa shape index (κ1) is 12.8. The molecular formula is C10H13FO4S. The molecule has 0 spiro atoms. The summed E-state index contributed by atoms with van der Waals surface area (Å²) in [6, 6.07) is 4.49. The van der Waals surface area contributed by atoms with Crippen LogP contribution in [0.2, 0.25) is 0 Å². The first-order valence-corrected chi connectivity index (χ1v) is 6.23. The first-order valence-electron chi connectivity index (χ1n) is 4.68. The van der Waals surface area contributed by atoms with Crippen LogP contribution in [0.15, 0.2) is 18.2 Å². The smallest absolute Gasteiger partial charge is 0.306 e. The molecule has 6 heteroatoms. The van der Waals surface area contributed by atoms with Crippen molar-refractivity contribution in [1.29, 1.82) is 0 Å². The molecule has 0 aliphatic rings. The van der Waals surface area contributed by atoms with E-state index in [0.29, 0.717) is 23.7 Å². The summed E-state index contributed by atoms with van der Waals surface area (Å²) in [4.78, 5) is 0. The van der Waals surface area contributed by atoms with Gasteiger partial charge in [0.15, 0.2) is 11.5 Å². The molecule has 0 N–H and O–H groups in total. The van der Waals surface area contributed by atoms with Gasteiger partial charge in [0.05, 0.1) is 13.7 Å². The summed E-state index contributed by atoms with van der Waals surface area (Å²) in [6.07, 6.45) is 0. The molecule has 0 unspecified atom stereocenters. The lowest BCUT2D eigenvalue weighted by atomic mass is 10.2. The minimum atomic E-state index is -4.52. The Kier molecular flexibility index (Phi) is 4.12. The molecule has 0 aromatic heterocycles. The van der Waals surface area contributed by atoms with Crippen LogP contribution in [0.3, 0.4) is 0 Å². The molecule has 1 aromatic rings. The fourth-order valence-electron chi connectivity index (χ4n) is 1.28. The highest BCUT2D eigenvalue weighted by atomic mass is 32.3. The molecule has 0 aliphatic heterocycles. The Morgan fingerprint density at radius 3 is 2.50 bits per heavy atom. The summed E-state index contributed by atoms with van der Waals surface area (Å²) in [7, 11) is -3.05. The molecule has 0 atom stereocenters. The highest BCUT2D eigenvalue weighted by Gasteiger charge is 2.12. The molecule has 0 aliphatic carbocycles. The van der Waals surface area contributed by atoms with Crippen molar-refractivity contribution in [1.82, 2.24) is 0 Å². The van der Waals surface area contributed by atoms with Gasteiger partial charge < -0.3 is 9.47 Å². The number of methoxy groups -OCH3 is 1. The van der Waals surface area contributed by atoms with Gasteiger partial charge in [-0.25, -0.2) is 0 Å². The van der Waals surface area contributed by atoms with Crippen molar-refractivity contribution in [2.45, 2.75) is 12.7 Å². The Morgan fingerprint density at radius 2 is 2.00 bits per heavy atom. The van der Waals surface area contributed by atoms with Crippen LogP contribution in [0.1, 0.15) is 12.5 Å². The molecule has 0 fully saturated rings. The first-order chi connectivity index (χ1) is 7.46. The zero-order valence-corrected chi connectivity index (χ0v) is 9.88. The molecule has 90 valence electrons. The number of rotatable bonds is 5. The highest BCUT2D eigenvalue weighted by molar-refractivity contribution is 7.85. The second-order valence-corrected chi connectivity index (χ2v) is 4.47. The fraction of sp³-hybridized carbons (Fsp3) is 0.400. The summed E-state index contributed by atoms with van der Waals surface area (Å²) in [5, 5.41) is 0. The lowest BCUT2D eigenvalue weighted by Crippen LogP contribution is -1.99. The van der Waals surface area contributed by atoms with Gasteiger partial charge in [-0.05, 0) is 24.6 Å². The van der Waals surface area contributed by atoms with Crippen LogP contribution in [0.5, 0.6) is 11.5 Å². The van der Waals surface area contributed by atoms with E-state index in [1.807, 2.05) is 0 Å². The second kappa shape index (κ2) is 5.16. The van der Waals surface area contributed by atoms with Crippen molar-refractivity contribution >= 4 is 10.2 Å². The quantitative estimate of drug-likeness (QED) is 0.747. The number of halogens is 1. The third-order valence-electron chi connectivity index (χ3n) is 1.87. The Hall–Kier alpha value is -1.30. The summed E-state index contributed by atoms with van der Waals surface area (Å²) < 4.78 is 43.7. The molecule has 1 rings (SSSR count). The van der Waals surface area contributed by atoms with E-state index in [1.165, 1.54) is 19.2 Å². The van der Waals surface area contributed by atoms with Crippen molar-refractivity contribution in [2.24, 2.45) is 0 Å². The summed E-state index contributed by atoms with van der Waals surface area (Å²) >= 11 is 0. The van der Waals surface area contributed by atoms with Crippen molar-refractivity contribution in [2.75, 3.05) is 13.7 Å². The largest absolute Gasteiger partial charge is 0.493 e. The minimum Gasteiger partial charge on any atom is -0.493 e. The number of ether oxygens (including phenoxy) is 2. The molecule has 0 amide bonds. The van der Waals surface area contributed by atoms with E-state index in [0.717, 1.165) is 0 Å². The Bertz CT molecular complexity index is 456. The van der Waals surface area contributed by atoms with Gasteiger partial charge in [-0.3, -0.25) is 0 Å². The SMILES string of the molecule is CCOc1cc(CS(=O)(=O)F)ccc1OC. The van der Waals surface area contributed by atoms with Gasteiger partial charge in [0, 0.05) is 0 Å². The normalized spacial score (nSPS) is 11.2. The lowest BCUT2D eigenvalue weighted by molar-refractivity contribution is 0.310. The van der Waals surface area contributed by atoms with Crippen molar-refractivity contribution < 1.29 is 21.8 Å². The van der Waals surface area contributed by atoms with E-state index in [9.17, 15) is 12.3 Å². The third-order valence-corrected chi connectivity index (χ3v) is 2.55.